The molecule has 108 valence electrons. The number of carbonyl (C=O) groups excluding carboxylic acids is 1. The van der Waals surface area contributed by atoms with Crippen molar-refractivity contribution in [2.75, 3.05) is 23.6 Å². The molecule has 21 heavy (non-hydrogen) atoms. The highest BCUT2D eigenvalue weighted by atomic mass is 16.5. The van der Waals surface area contributed by atoms with Gasteiger partial charge in [-0.25, -0.2) is 4.79 Å². The fraction of sp³-hybridized carbons (Fsp3) is 0.188. The maximum Gasteiger partial charge on any atom is 0.345 e. The van der Waals surface area contributed by atoms with E-state index < -0.39 is 6.03 Å². The van der Waals surface area contributed by atoms with E-state index in [0.717, 1.165) is 29.9 Å². The number of rotatable bonds is 2. The van der Waals surface area contributed by atoms with Gasteiger partial charge in [-0.2, -0.15) is 5.06 Å². The van der Waals surface area contributed by atoms with Crippen LogP contribution in [0.15, 0.2) is 48.5 Å². The number of fused-ring (bicyclic) bond motifs is 1. The van der Waals surface area contributed by atoms with Crippen molar-refractivity contribution in [1.82, 2.24) is 5.32 Å². The zero-order chi connectivity index (χ0) is 14.8. The molecule has 0 unspecified atom stereocenters. The summed E-state index contributed by atoms with van der Waals surface area (Å²) in [6.07, 6.45) is 0.889. The van der Waals surface area contributed by atoms with Crippen molar-refractivity contribution in [1.29, 1.82) is 0 Å². The molecule has 1 heterocycles. The first-order chi connectivity index (χ1) is 10.2. The number of urea groups is 1. The van der Waals surface area contributed by atoms with E-state index in [9.17, 15) is 10.0 Å². The predicted octanol–water partition coefficient (Wildman–Crippen LogP) is 2.92. The van der Waals surface area contributed by atoms with Crippen molar-refractivity contribution in [3.63, 3.8) is 0 Å². The quantitative estimate of drug-likeness (QED) is 0.658. The lowest BCUT2D eigenvalue weighted by Gasteiger charge is -2.20. The fourth-order valence-electron chi connectivity index (χ4n) is 2.62. The van der Waals surface area contributed by atoms with E-state index >= 15 is 0 Å². The Morgan fingerprint density at radius 2 is 2.00 bits per heavy atom. The minimum atomic E-state index is -0.548. The van der Waals surface area contributed by atoms with Crippen molar-refractivity contribution in [3.05, 3.63) is 54.1 Å². The Hall–Kier alpha value is -2.53. The zero-order valence-corrected chi connectivity index (χ0v) is 11.8. The van der Waals surface area contributed by atoms with Crippen LogP contribution in [0.4, 0.5) is 21.9 Å². The van der Waals surface area contributed by atoms with Crippen molar-refractivity contribution in [2.24, 2.45) is 0 Å². The van der Waals surface area contributed by atoms with Crippen LogP contribution < -0.4 is 15.3 Å². The molecule has 0 saturated heterocycles. The van der Waals surface area contributed by atoms with Gasteiger partial charge in [0.25, 0.3) is 0 Å². The van der Waals surface area contributed by atoms with Gasteiger partial charge >= 0.3 is 6.03 Å². The summed E-state index contributed by atoms with van der Waals surface area (Å²) in [7, 11) is 1.48. The topological polar surface area (TPSA) is 55.8 Å². The second kappa shape index (κ2) is 5.46. The Labute approximate surface area is 123 Å². The monoisotopic (exact) mass is 283 g/mol. The predicted molar refractivity (Wildman–Crippen MR) is 82.3 cm³/mol. The van der Waals surface area contributed by atoms with E-state index in [-0.39, 0.29) is 0 Å². The third-order valence-electron chi connectivity index (χ3n) is 3.68. The molecule has 2 aromatic rings. The second-order valence-electron chi connectivity index (χ2n) is 4.92. The highest BCUT2D eigenvalue weighted by molar-refractivity contribution is 5.90. The van der Waals surface area contributed by atoms with Gasteiger partial charge in [-0.15, -0.1) is 0 Å². The first-order valence-electron chi connectivity index (χ1n) is 6.87. The van der Waals surface area contributed by atoms with Crippen molar-refractivity contribution in [2.45, 2.75) is 6.42 Å². The summed E-state index contributed by atoms with van der Waals surface area (Å²) in [4.78, 5) is 13.7. The van der Waals surface area contributed by atoms with Crippen LogP contribution in [-0.4, -0.2) is 24.8 Å². The van der Waals surface area contributed by atoms with Gasteiger partial charge in [0.1, 0.15) is 0 Å². The van der Waals surface area contributed by atoms with Crippen LogP contribution in [0.25, 0.3) is 0 Å². The molecule has 2 aromatic carbocycles. The smallest absolute Gasteiger partial charge is 0.341 e. The van der Waals surface area contributed by atoms with Gasteiger partial charge < -0.3 is 10.2 Å². The number of hydrogen-bond acceptors (Lipinski definition) is 3. The molecule has 3 rings (SSSR count). The van der Waals surface area contributed by atoms with Crippen molar-refractivity contribution < 1.29 is 10.0 Å². The van der Waals surface area contributed by atoms with Gasteiger partial charge in [0.05, 0.1) is 5.69 Å². The van der Waals surface area contributed by atoms with E-state index in [1.165, 1.54) is 7.05 Å². The average molecular weight is 283 g/mol. The Bertz CT molecular complexity index is 658. The molecule has 5 nitrogen and oxygen atoms in total. The molecule has 0 bridgehead atoms. The summed E-state index contributed by atoms with van der Waals surface area (Å²) in [6, 6.07) is 15.2. The van der Waals surface area contributed by atoms with Crippen LogP contribution in [0.1, 0.15) is 5.56 Å². The number of nitrogens with one attached hydrogen (secondary N) is 1. The van der Waals surface area contributed by atoms with Crippen LogP contribution in [0, 0.1) is 0 Å². The summed E-state index contributed by atoms with van der Waals surface area (Å²) in [5.41, 5.74) is 3.87. The molecule has 0 atom stereocenters. The van der Waals surface area contributed by atoms with Crippen LogP contribution in [0.5, 0.6) is 0 Å². The van der Waals surface area contributed by atoms with Crippen LogP contribution in [-0.2, 0) is 6.42 Å². The van der Waals surface area contributed by atoms with Crippen LogP contribution >= 0.6 is 0 Å². The van der Waals surface area contributed by atoms with Crippen molar-refractivity contribution >= 4 is 23.1 Å². The molecule has 0 spiro atoms. The van der Waals surface area contributed by atoms with Gasteiger partial charge in [0, 0.05) is 25.0 Å². The number of nitrogens with zero attached hydrogens (tertiary/aromatic N) is 2. The standard InChI is InChI=1S/C16H17N3O2/c1-17-16(20)19(21)14-7-8-15-12(11-14)9-10-18(15)13-5-3-2-4-6-13/h2-8,11,21H,9-10H2,1H3,(H,17,20). The number of carbonyl (C=O) groups is 1. The Morgan fingerprint density at radius 1 is 1.24 bits per heavy atom. The molecule has 2 amide bonds. The maximum absolute atomic E-state index is 11.5. The molecule has 0 radical (unpaired) electrons. The third-order valence-corrected chi connectivity index (χ3v) is 3.68. The van der Waals surface area contributed by atoms with E-state index in [0.29, 0.717) is 10.8 Å². The second-order valence-corrected chi connectivity index (χ2v) is 4.92. The summed E-state index contributed by atoms with van der Waals surface area (Å²) in [6.45, 7) is 0.897. The first kappa shape index (κ1) is 13.5. The van der Waals surface area contributed by atoms with Gasteiger partial charge in [0.2, 0.25) is 0 Å². The lowest BCUT2D eigenvalue weighted by molar-refractivity contribution is 0.206. The van der Waals surface area contributed by atoms with E-state index in [1.54, 1.807) is 6.07 Å². The number of benzene rings is 2. The van der Waals surface area contributed by atoms with Gasteiger partial charge in [-0.1, -0.05) is 18.2 Å². The van der Waals surface area contributed by atoms with Gasteiger partial charge in [-0.3, -0.25) is 5.21 Å². The number of para-hydroxylation sites is 1. The lowest BCUT2D eigenvalue weighted by Crippen LogP contribution is -2.35. The Balaban J connectivity index is 1.91. The average Bonchev–Trinajstić information content (AvgIpc) is 2.97. The number of amides is 2. The van der Waals surface area contributed by atoms with E-state index in [2.05, 4.69) is 22.3 Å². The molecule has 0 aliphatic carbocycles. The highest BCUT2D eigenvalue weighted by Crippen LogP contribution is 2.36. The molecule has 0 saturated carbocycles. The van der Waals surface area contributed by atoms with E-state index in [4.69, 9.17) is 0 Å². The zero-order valence-electron chi connectivity index (χ0n) is 11.8. The molecular formula is C16H17N3O2. The number of hydrogen-bond donors (Lipinski definition) is 2. The highest BCUT2D eigenvalue weighted by Gasteiger charge is 2.22. The lowest BCUT2D eigenvalue weighted by atomic mass is 10.1. The van der Waals surface area contributed by atoms with Crippen molar-refractivity contribution in [3.8, 4) is 0 Å². The number of anilines is 3. The summed E-state index contributed by atoms with van der Waals surface area (Å²) in [5.74, 6) is 0. The normalized spacial score (nSPS) is 13.0. The van der Waals surface area contributed by atoms with Gasteiger partial charge in [0.15, 0.2) is 0 Å². The maximum atomic E-state index is 11.5. The van der Waals surface area contributed by atoms with Crippen LogP contribution in [0.2, 0.25) is 0 Å². The molecule has 0 fully saturated rings. The van der Waals surface area contributed by atoms with Gasteiger partial charge in [-0.05, 0) is 42.3 Å². The molecular weight excluding hydrogens is 266 g/mol. The fourth-order valence-corrected chi connectivity index (χ4v) is 2.62. The summed E-state index contributed by atoms with van der Waals surface area (Å²) >= 11 is 0. The SMILES string of the molecule is CNC(=O)N(O)c1ccc2c(c1)CCN2c1ccccc1. The molecule has 2 N–H and O–H groups in total. The molecule has 0 aromatic heterocycles. The Kier molecular flexibility index (Phi) is 3.50. The largest absolute Gasteiger partial charge is 0.345 e. The molecule has 1 aliphatic heterocycles. The minimum Gasteiger partial charge on any atom is -0.341 e. The Morgan fingerprint density at radius 3 is 2.71 bits per heavy atom. The first-order valence-corrected chi connectivity index (χ1v) is 6.87. The molecule has 5 heteroatoms. The van der Waals surface area contributed by atoms with E-state index in [1.807, 2.05) is 30.3 Å². The number of hydroxylamine groups is 1. The minimum absolute atomic E-state index is 0.475. The molecule has 1 aliphatic rings. The summed E-state index contributed by atoms with van der Waals surface area (Å²) < 4.78 is 0. The van der Waals surface area contributed by atoms with Crippen LogP contribution in [0.3, 0.4) is 0 Å². The summed E-state index contributed by atoms with van der Waals surface area (Å²) in [5, 5.41) is 12.8. The third kappa shape index (κ3) is 2.43.